The van der Waals surface area contributed by atoms with E-state index in [0.29, 0.717) is 5.69 Å². The average Bonchev–Trinajstić information content (AvgIpc) is 2.49. The molecule has 1 amide bonds. The number of nitrogens with one attached hydrogen (secondary N) is 1. The number of hydrogen-bond acceptors (Lipinski definition) is 4. The molecule has 2 rings (SSSR count). The van der Waals surface area contributed by atoms with Crippen LogP contribution in [-0.2, 0) is 4.79 Å². The number of ether oxygens (including phenoxy) is 1. The summed E-state index contributed by atoms with van der Waals surface area (Å²) in [6, 6.07) is 7.75. The number of rotatable bonds is 5. The summed E-state index contributed by atoms with van der Waals surface area (Å²) < 4.78 is 31.2. The summed E-state index contributed by atoms with van der Waals surface area (Å²) in [5.41, 5.74) is -0.117. The first-order chi connectivity index (χ1) is 10.9. The van der Waals surface area contributed by atoms with Crippen LogP contribution >= 0.6 is 0 Å². The summed E-state index contributed by atoms with van der Waals surface area (Å²) >= 11 is 0. The molecule has 0 aliphatic rings. The lowest BCUT2D eigenvalue weighted by Gasteiger charge is -2.14. The number of halogens is 2. The second-order valence-corrected chi connectivity index (χ2v) is 4.63. The van der Waals surface area contributed by atoms with E-state index in [1.807, 2.05) is 0 Å². The SMILES string of the molecule is C[C@H](Oc1cc(F)ccc1[N+](=O)[O-])C(=O)Nc1ccc(F)cc1. The van der Waals surface area contributed by atoms with Crippen LogP contribution in [0.3, 0.4) is 0 Å². The number of anilines is 1. The van der Waals surface area contributed by atoms with Gasteiger partial charge in [-0.2, -0.15) is 0 Å². The fourth-order valence-corrected chi connectivity index (χ4v) is 1.75. The largest absolute Gasteiger partial charge is 0.474 e. The minimum absolute atomic E-state index is 0.334. The Morgan fingerprint density at radius 3 is 2.39 bits per heavy atom. The molecule has 1 N–H and O–H groups in total. The normalized spacial score (nSPS) is 11.6. The van der Waals surface area contributed by atoms with Crippen LogP contribution in [0.4, 0.5) is 20.2 Å². The van der Waals surface area contributed by atoms with E-state index in [9.17, 15) is 23.7 Å². The first-order valence-corrected chi connectivity index (χ1v) is 6.54. The summed E-state index contributed by atoms with van der Waals surface area (Å²) in [7, 11) is 0. The Bertz CT molecular complexity index is 735. The number of hydrogen-bond donors (Lipinski definition) is 1. The number of nitro benzene ring substituents is 1. The van der Waals surface area contributed by atoms with E-state index in [1.54, 1.807) is 0 Å². The molecule has 8 heteroatoms. The summed E-state index contributed by atoms with van der Waals surface area (Å²) in [5, 5.41) is 13.3. The maximum atomic E-state index is 13.2. The van der Waals surface area contributed by atoms with Gasteiger partial charge in [-0.05, 0) is 37.3 Å². The van der Waals surface area contributed by atoms with E-state index < -0.39 is 34.3 Å². The van der Waals surface area contributed by atoms with Gasteiger partial charge < -0.3 is 10.1 Å². The van der Waals surface area contributed by atoms with Gasteiger partial charge in [0.25, 0.3) is 5.91 Å². The average molecular weight is 322 g/mol. The second-order valence-electron chi connectivity index (χ2n) is 4.63. The maximum absolute atomic E-state index is 13.2. The van der Waals surface area contributed by atoms with Gasteiger partial charge in [0.15, 0.2) is 6.10 Å². The summed E-state index contributed by atoms with van der Waals surface area (Å²) in [6.45, 7) is 1.35. The molecule has 0 spiro atoms. The van der Waals surface area contributed by atoms with E-state index in [-0.39, 0.29) is 5.75 Å². The van der Waals surface area contributed by atoms with Crippen LogP contribution in [0.5, 0.6) is 5.75 Å². The first kappa shape index (κ1) is 16.3. The maximum Gasteiger partial charge on any atom is 0.311 e. The van der Waals surface area contributed by atoms with Gasteiger partial charge >= 0.3 is 5.69 Å². The standard InChI is InChI=1S/C15H12F2N2O4/c1-9(15(20)18-12-5-2-10(16)3-6-12)23-14-8-11(17)4-7-13(14)19(21)22/h2-9H,1H3,(H,18,20)/t9-/m0/s1. The monoisotopic (exact) mass is 322 g/mol. The Morgan fingerprint density at radius 1 is 1.17 bits per heavy atom. The summed E-state index contributed by atoms with van der Waals surface area (Å²) in [5.74, 6) is -2.15. The molecule has 0 bridgehead atoms. The molecular weight excluding hydrogens is 310 g/mol. The fraction of sp³-hybridized carbons (Fsp3) is 0.133. The molecule has 6 nitrogen and oxygen atoms in total. The first-order valence-electron chi connectivity index (χ1n) is 6.54. The van der Waals surface area contributed by atoms with Crippen LogP contribution in [0, 0.1) is 21.7 Å². The molecule has 0 aromatic heterocycles. The smallest absolute Gasteiger partial charge is 0.311 e. The highest BCUT2D eigenvalue weighted by molar-refractivity contribution is 5.94. The topological polar surface area (TPSA) is 81.5 Å². The minimum atomic E-state index is -1.12. The van der Waals surface area contributed by atoms with Crippen LogP contribution in [-0.4, -0.2) is 16.9 Å². The zero-order chi connectivity index (χ0) is 17.0. The van der Waals surface area contributed by atoms with Crippen LogP contribution in [0.2, 0.25) is 0 Å². The molecule has 120 valence electrons. The molecule has 0 fully saturated rings. The second kappa shape index (κ2) is 6.82. The quantitative estimate of drug-likeness (QED) is 0.676. The molecule has 0 unspecified atom stereocenters. The number of carbonyl (C=O) groups excluding carboxylic acids is 1. The molecule has 1 atom stereocenters. The van der Waals surface area contributed by atoms with Gasteiger partial charge in [-0.1, -0.05) is 0 Å². The highest BCUT2D eigenvalue weighted by atomic mass is 19.1. The molecule has 2 aromatic rings. The van der Waals surface area contributed by atoms with Gasteiger partial charge in [-0.3, -0.25) is 14.9 Å². The van der Waals surface area contributed by atoms with E-state index in [1.165, 1.54) is 31.2 Å². The number of amides is 1. The van der Waals surface area contributed by atoms with Crippen LogP contribution in [0.25, 0.3) is 0 Å². The molecule has 0 aliphatic carbocycles. The number of nitrogens with zero attached hydrogens (tertiary/aromatic N) is 1. The van der Waals surface area contributed by atoms with Crippen molar-refractivity contribution in [3.8, 4) is 5.75 Å². The molecule has 0 radical (unpaired) electrons. The zero-order valence-electron chi connectivity index (χ0n) is 12.0. The number of benzene rings is 2. The van der Waals surface area contributed by atoms with Crippen molar-refractivity contribution < 1.29 is 23.2 Å². The Labute approximate surface area is 129 Å². The van der Waals surface area contributed by atoms with Crippen LogP contribution < -0.4 is 10.1 Å². The third kappa shape index (κ3) is 4.22. The summed E-state index contributed by atoms with van der Waals surface area (Å²) in [4.78, 5) is 22.1. The highest BCUT2D eigenvalue weighted by Gasteiger charge is 2.22. The van der Waals surface area contributed by atoms with Crippen LogP contribution in [0.15, 0.2) is 42.5 Å². The molecule has 2 aromatic carbocycles. The Morgan fingerprint density at radius 2 is 1.78 bits per heavy atom. The van der Waals surface area contributed by atoms with Gasteiger partial charge in [0.2, 0.25) is 5.75 Å². The number of nitro groups is 1. The van der Waals surface area contributed by atoms with Crippen molar-refractivity contribution in [3.05, 3.63) is 64.2 Å². The molecule has 0 aliphatic heterocycles. The van der Waals surface area contributed by atoms with Crippen LogP contribution in [0.1, 0.15) is 6.92 Å². The zero-order valence-corrected chi connectivity index (χ0v) is 12.0. The van der Waals surface area contributed by atoms with E-state index in [2.05, 4.69) is 5.32 Å². The molecule has 23 heavy (non-hydrogen) atoms. The predicted molar refractivity (Wildman–Crippen MR) is 78.2 cm³/mol. The van der Waals surface area contributed by atoms with Gasteiger partial charge in [0.05, 0.1) is 4.92 Å². The molecule has 0 heterocycles. The van der Waals surface area contributed by atoms with Gasteiger partial charge in [-0.15, -0.1) is 0 Å². The molecule has 0 saturated carbocycles. The van der Waals surface area contributed by atoms with E-state index in [4.69, 9.17) is 4.74 Å². The van der Waals surface area contributed by atoms with Crippen molar-refractivity contribution in [2.24, 2.45) is 0 Å². The molecule has 0 saturated heterocycles. The van der Waals surface area contributed by atoms with Crippen molar-refractivity contribution in [2.75, 3.05) is 5.32 Å². The lowest BCUT2D eigenvalue weighted by Crippen LogP contribution is -2.30. The lowest BCUT2D eigenvalue weighted by atomic mass is 10.2. The van der Waals surface area contributed by atoms with Crippen molar-refractivity contribution in [1.29, 1.82) is 0 Å². The Kier molecular flexibility index (Phi) is 4.85. The predicted octanol–water partition coefficient (Wildman–Crippen LogP) is 3.28. The highest BCUT2D eigenvalue weighted by Crippen LogP contribution is 2.28. The van der Waals surface area contributed by atoms with E-state index >= 15 is 0 Å². The van der Waals surface area contributed by atoms with Crippen molar-refractivity contribution in [3.63, 3.8) is 0 Å². The van der Waals surface area contributed by atoms with E-state index in [0.717, 1.165) is 18.2 Å². The van der Waals surface area contributed by atoms with Gasteiger partial charge in [0.1, 0.15) is 11.6 Å². The fourth-order valence-electron chi connectivity index (χ4n) is 1.75. The Hall–Kier alpha value is -3.03. The minimum Gasteiger partial charge on any atom is -0.474 e. The van der Waals surface area contributed by atoms with Gasteiger partial charge in [-0.25, -0.2) is 8.78 Å². The third-order valence-corrected chi connectivity index (χ3v) is 2.90. The molecular formula is C15H12F2N2O4. The third-order valence-electron chi connectivity index (χ3n) is 2.90. The lowest BCUT2D eigenvalue weighted by molar-refractivity contribution is -0.386. The summed E-state index contributed by atoms with van der Waals surface area (Å²) in [6.07, 6.45) is -1.12. The van der Waals surface area contributed by atoms with Crippen molar-refractivity contribution >= 4 is 17.3 Å². The Balaban J connectivity index is 2.10. The van der Waals surface area contributed by atoms with Crippen molar-refractivity contribution in [1.82, 2.24) is 0 Å². The van der Waals surface area contributed by atoms with Crippen molar-refractivity contribution in [2.45, 2.75) is 13.0 Å². The number of carbonyl (C=O) groups is 1. The van der Waals surface area contributed by atoms with Gasteiger partial charge in [0, 0.05) is 17.8 Å².